The molecule has 4 fully saturated rings. The second-order valence-electron chi connectivity index (χ2n) is 15.7. The van der Waals surface area contributed by atoms with E-state index in [1.165, 1.54) is 12.1 Å². The van der Waals surface area contributed by atoms with Gasteiger partial charge in [-0.3, -0.25) is 0 Å². The Labute approximate surface area is 312 Å². The van der Waals surface area contributed by atoms with Gasteiger partial charge in [0.05, 0.1) is 46.2 Å². The largest absolute Gasteiger partial charge is 0.367 e. The fourth-order valence-electron chi connectivity index (χ4n) is 9.61. The first kappa shape index (κ1) is 33.7. The highest BCUT2D eigenvalue weighted by atomic mass is 19.1. The van der Waals surface area contributed by atoms with Crippen molar-refractivity contribution < 1.29 is 13.2 Å². The summed E-state index contributed by atoms with van der Waals surface area (Å²) >= 11 is 0. The van der Waals surface area contributed by atoms with Gasteiger partial charge in [0.2, 0.25) is 0 Å². The maximum Gasteiger partial charge on any atom is 0.151 e. The fraction of sp³-hybridized carbons (Fsp3) is 0.395. The van der Waals surface area contributed by atoms with E-state index < -0.39 is 17.3 Å². The lowest BCUT2D eigenvalue weighted by atomic mass is 9.86. The Morgan fingerprint density at radius 1 is 0.648 bits per heavy atom. The van der Waals surface area contributed by atoms with E-state index in [4.69, 9.17) is 9.97 Å². The number of nitrogens with one attached hydrogen (secondary N) is 4. The van der Waals surface area contributed by atoms with Gasteiger partial charge in [-0.25, -0.2) is 23.1 Å². The molecule has 6 heterocycles. The molecule has 2 aromatic heterocycles. The second kappa shape index (κ2) is 13.5. The number of aromatic amines is 2. The van der Waals surface area contributed by atoms with Crippen molar-refractivity contribution in [1.82, 2.24) is 30.6 Å². The summed E-state index contributed by atoms with van der Waals surface area (Å²) < 4.78 is 48.8. The summed E-state index contributed by atoms with van der Waals surface area (Å²) in [6.45, 7) is 2.42. The van der Waals surface area contributed by atoms with Crippen molar-refractivity contribution in [3.8, 4) is 0 Å². The normalized spacial score (nSPS) is 24.4. The van der Waals surface area contributed by atoms with Crippen LogP contribution in [-0.2, 0) is 5.67 Å². The number of benzene rings is 4. The van der Waals surface area contributed by atoms with Crippen molar-refractivity contribution >= 4 is 33.4 Å². The van der Waals surface area contributed by atoms with E-state index in [9.17, 15) is 0 Å². The number of rotatable bonds is 7. The van der Waals surface area contributed by atoms with E-state index in [-0.39, 0.29) is 55.8 Å². The zero-order valence-electron chi connectivity index (χ0n) is 30.2. The summed E-state index contributed by atoms with van der Waals surface area (Å²) in [5.74, 6) is 0.644. The van der Waals surface area contributed by atoms with Gasteiger partial charge in [-0.05, 0) is 105 Å². The molecule has 0 radical (unpaired) electrons. The van der Waals surface area contributed by atoms with Crippen molar-refractivity contribution in [3.63, 3.8) is 0 Å². The minimum absolute atomic E-state index is 0.0833. The molecule has 0 amide bonds. The molecular formula is C43H45F3N8. The molecule has 4 aromatic carbocycles. The lowest BCUT2D eigenvalue weighted by molar-refractivity contribution is 0.124. The summed E-state index contributed by atoms with van der Waals surface area (Å²) in [5.41, 5.74) is 5.38. The van der Waals surface area contributed by atoms with E-state index in [0.29, 0.717) is 11.3 Å². The molecule has 4 N–H and O–H groups in total. The van der Waals surface area contributed by atoms with E-state index in [1.54, 1.807) is 17.0 Å². The topological polar surface area (TPSA) is 87.9 Å². The number of hydrogen-bond acceptors (Lipinski definition) is 6. The van der Waals surface area contributed by atoms with Crippen LogP contribution in [0.15, 0.2) is 78.9 Å². The van der Waals surface area contributed by atoms with Crippen LogP contribution in [0.25, 0.3) is 22.1 Å². The number of aromatic nitrogens is 4. The summed E-state index contributed by atoms with van der Waals surface area (Å²) in [6, 6.07) is 24.9. The third kappa shape index (κ3) is 5.92. The molecule has 8 nitrogen and oxygen atoms in total. The second-order valence-corrected chi connectivity index (χ2v) is 15.7. The quantitative estimate of drug-likeness (QED) is 0.131. The highest BCUT2D eigenvalue weighted by Gasteiger charge is 2.40. The Balaban J connectivity index is 0.997. The third-order valence-corrected chi connectivity index (χ3v) is 12.4. The van der Waals surface area contributed by atoms with Crippen LogP contribution in [-0.4, -0.2) is 46.1 Å². The van der Waals surface area contributed by atoms with Crippen molar-refractivity contribution in [1.29, 1.82) is 0 Å². The molecule has 4 aliphatic heterocycles. The molecule has 4 aliphatic rings. The van der Waals surface area contributed by atoms with Crippen LogP contribution in [0.5, 0.6) is 0 Å². The number of halogens is 3. The van der Waals surface area contributed by atoms with Gasteiger partial charge in [-0.1, -0.05) is 42.5 Å². The first-order chi connectivity index (χ1) is 26.4. The Bertz CT molecular complexity index is 2180. The van der Waals surface area contributed by atoms with Crippen molar-refractivity contribution in [2.45, 2.75) is 81.2 Å². The van der Waals surface area contributed by atoms with Crippen LogP contribution in [0.1, 0.15) is 104 Å². The van der Waals surface area contributed by atoms with Gasteiger partial charge in [0.25, 0.3) is 0 Å². The monoisotopic (exact) mass is 730 g/mol. The van der Waals surface area contributed by atoms with Crippen LogP contribution in [0.4, 0.5) is 24.5 Å². The third-order valence-electron chi connectivity index (χ3n) is 12.4. The SMILES string of the molecule is Fc1cc(N2[C@@H](c3ccc4nc([C@@H]5CCCN5)[nH]c4c3)CC[C@H]2c2ccc3nc([C@@H]4CCCN4)[nH]c3c2)cc(F)c1N1CCC(F)(c2ccccc2)CC1. The number of alkyl halides is 1. The van der Waals surface area contributed by atoms with Gasteiger partial charge in [-0.15, -0.1) is 0 Å². The molecule has 6 aromatic rings. The molecule has 4 saturated heterocycles. The van der Waals surface area contributed by atoms with Crippen LogP contribution in [0, 0.1) is 11.6 Å². The molecule has 278 valence electrons. The van der Waals surface area contributed by atoms with Crippen molar-refractivity contribution in [3.05, 3.63) is 119 Å². The van der Waals surface area contributed by atoms with Crippen LogP contribution >= 0.6 is 0 Å². The molecule has 0 unspecified atom stereocenters. The predicted molar refractivity (Wildman–Crippen MR) is 206 cm³/mol. The Morgan fingerprint density at radius 3 is 1.69 bits per heavy atom. The zero-order valence-corrected chi connectivity index (χ0v) is 30.2. The molecule has 54 heavy (non-hydrogen) atoms. The van der Waals surface area contributed by atoms with Crippen molar-refractivity contribution in [2.24, 2.45) is 0 Å². The average Bonchev–Trinajstić information content (AvgIpc) is 4.04. The molecule has 0 bridgehead atoms. The summed E-state index contributed by atoms with van der Waals surface area (Å²) in [5, 5.41) is 7.06. The number of fused-ring (bicyclic) bond motifs is 2. The predicted octanol–water partition coefficient (Wildman–Crippen LogP) is 9.11. The number of hydrogen-bond donors (Lipinski definition) is 4. The maximum atomic E-state index is 16.4. The van der Waals surface area contributed by atoms with E-state index in [2.05, 4.69) is 61.9 Å². The number of anilines is 2. The highest BCUT2D eigenvalue weighted by molar-refractivity contribution is 5.78. The van der Waals surface area contributed by atoms with E-state index in [1.807, 2.05) is 18.2 Å². The van der Waals surface area contributed by atoms with Gasteiger partial charge >= 0.3 is 0 Å². The zero-order chi connectivity index (χ0) is 36.4. The highest BCUT2D eigenvalue weighted by Crippen LogP contribution is 2.49. The number of H-pyrrole nitrogens is 2. The summed E-state index contributed by atoms with van der Waals surface area (Å²) in [4.78, 5) is 20.8. The smallest absolute Gasteiger partial charge is 0.151 e. The molecule has 0 saturated carbocycles. The minimum Gasteiger partial charge on any atom is -0.367 e. The lowest BCUT2D eigenvalue weighted by Crippen LogP contribution is -2.41. The molecule has 10 rings (SSSR count). The van der Waals surface area contributed by atoms with Crippen molar-refractivity contribution in [2.75, 3.05) is 36.0 Å². The summed E-state index contributed by atoms with van der Waals surface area (Å²) in [6.07, 6.45) is 6.29. The van der Waals surface area contributed by atoms with Gasteiger partial charge in [0.1, 0.15) is 23.0 Å². The number of piperidine rings is 1. The Morgan fingerprint density at radius 2 is 1.19 bits per heavy atom. The summed E-state index contributed by atoms with van der Waals surface area (Å²) in [7, 11) is 0. The van der Waals surface area contributed by atoms with Gasteiger partial charge < -0.3 is 30.4 Å². The van der Waals surface area contributed by atoms with E-state index >= 15 is 13.2 Å². The Kier molecular flexibility index (Phi) is 8.39. The minimum atomic E-state index is -1.52. The van der Waals surface area contributed by atoms with E-state index in [0.717, 1.165) is 96.5 Å². The standard InChI is InChI=1S/C43H45F3N8/c44-30-24-29(25-31(45)40(30)53-20-16-43(46,17-21-53)28-6-2-1-3-7-28)54-38(26-10-12-32-36(22-26)51-41(49-32)34-8-4-18-47-34)14-15-39(54)27-11-13-33-37(23-27)52-42(50-33)35-9-5-19-48-35/h1-3,6-7,10-13,22-25,34-35,38-39,47-48H,4-5,8-9,14-21H2,(H,49,51)(H,50,52)/t34-,35-,38-,39+/m0/s1. The number of imidazole rings is 2. The average molecular weight is 731 g/mol. The van der Waals surface area contributed by atoms with Crippen LogP contribution < -0.4 is 20.4 Å². The van der Waals surface area contributed by atoms with Gasteiger partial charge in [0.15, 0.2) is 11.6 Å². The van der Waals surface area contributed by atoms with Crippen LogP contribution in [0.2, 0.25) is 0 Å². The molecule has 0 spiro atoms. The molecular weight excluding hydrogens is 686 g/mol. The fourth-order valence-corrected chi connectivity index (χ4v) is 9.61. The first-order valence-electron chi connectivity index (χ1n) is 19.6. The number of nitrogens with zero attached hydrogens (tertiary/aromatic N) is 4. The Hall–Kier alpha value is -4.87. The first-order valence-corrected chi connectivity index (χ1v) is 19.6. The van der Waals surface area contributed by atoms with Crippen LogP contribution in [0.3, 0.4) is 0 Å². The molecule has 0 aliphatic carbocycles. The van der Waals surface area contributed by atoms with Gasteiger partial charge in [-0.2, -0.15) is 0 Å². The molecule has 11 heteroatoms. The molecule has 4 atom stereocenters. The maximum absolute atomic E-state index is 16.4. The lowest BCUT2D eigenvalue weighted by Gasteiger charge is -2.38. The van der Waals surface area contributed by atoms with Gasteiger partial charge in [0, 0.05) is 31.6 Å².